The second kappa shape index (κ2) is 11.4. The Morgan fingerprint density at radius 3 is 1.43 bits per heavy atom. The van der Waals surface area contributed by atoms with Crippen molar-refractivity contribution in [3.8, 4) is 0 Å². The third-order valence-electron chi connectivity index (χ3n) is 5.86. The normalized spacial score (nSPS) is 22.7. The van der Waals surface area contributed by atoms with E-state index in [4.69, 9.17) is 9.47 Å². The average Bonchev–Trinajstić information content (AvgIpc) is 2.60. The van der Waals surface area contributed by atoms with Gasteiger partial charge in [-0.3, -0.25) is 0 Å². The quantitative estimate of drug-likeness (QED) is 0.616. The van der Waals surface area contributed by atoms with Crippen LogP contribution in [0.3, 0.4) is 0 Å². The molecule has 0 aliphatic carbocycles. The standard InChI is InChI=1S/C19H38N2O2/c1-22-16-14-20-10-6-18(7-11-20)4-3-5-19-8-12-21(13-9-19)15-17-23-2/h18-19H,3-17H2,1-2H3. The van der Waals surface area contributed by atoms with E-state index in [1.165, 1.54) is 71.1 Å². The number of rotatable bonds is 10. The first-order valence-electron chi connectivity index (χ1n) is 9.74. The number of methoxy groups -OCH3 is 2. The molecule has 2 heterocycles. The summed E-state index contributed by atoms with van der Waals surface area (Å²) in [5.74, 6) is 1.96. The first-order chi connectivity index (χ1) is 11.3. The van der Waals surface area contributed by atoms with E-state index in [-0.39, 0.29) is 0 Å². The minimum atomic E-state index is 0.883. The van der Waals surface area contributed by atoms with Crippen molar-refractivity contribution < 1.29 is 9.47 Å². The molecule has 0 bridgehead atoms. The number of likely N-dealkylation sites (tertiary alicyclic amines) is 2. The largest absolute Gasteiger partial charge is 0.383 e. The topological polar surface area (TPSA) is 24.9 Å². The van der Waals surface area contributed by atoms with Crippen LogP contribution in [0, 0.1) is 11.8 Å². The molecule has 0 saturated carbocycles. The van der Waals surface area contributed by atoms with Crippen molar-refractivity contribution in [1.29, 1.82) is 0 Å². The van der Waals surface area contributed by atoms with Crippen molar-refractivity contribution in [2.75, 3.05) is 66.7 Å². The highest BCUT2D eigenvalue weighted by Gasteiger charge is 2.21. The molecule has 0 unspecified atom stereocenters. The zero-order valence-electron chi connectivity index (χ0n) is 15.5. The van der Waals surface area contributed by atoms with Gasteiger partial charge in [-0.1, -0.05) is 19.3 Å². The van der Waals surface area contributed by atoms with E-state index in [2.05, 4.69) is 9.80 Å². The van der Waals surface area contributed by atoms with Crippen LogP contribution in [0.5, 0.6) is 0 Å². The summed E-state index contributed by atoms with van der Waals surface area (Å²) in [6.45, 7) is 9.13. The monoisotopic (exact) mass is 326 g/mol. The van der Waals surface area contributed by atoms with Gasteiger partial charge in [0.05, 0.1) is 13.2 Å². The van der Waals surface area contributed by atoms with E-state index in [0.29, 0.717) is 0 Å². The molecule has 0 spiro atoms. The van der Waals surface area contributed by atoms with Crippen LogP contribution in [0.4, 0.5) is 0 Å². The summed E-state index contributed by atoms with van der Waals surface area (Å²) >= 11 is 0. The van der Waals surface area contributed by atoms with Gasteiger partial charge in [-0.15, -0.1) is 0 Å². The van der Waals surface area contributed by atoms with Gasteiger partial charge in [0.25, 0.3) is 0 Å². The second-order valence-corrected chi connectivity index (χ2v) is 7.49. The van der Waals surface area contributed by atoms with Gasteiger partial charge in [0.1, 0.15) is 0 Å². The third kappa shape index (κ3) is 7.51. The number of ether oxygens (including phenoxy) is 2. The fraction of sp³-hybridized carbons (Fsp3) is 1.00. The Labute approximate surface area is 143 Å². The lowest BCUT2D eigenvalue weighted by atomic mass is 9.87. The van der Waals surface area contributed by atoms with Crippen LogP contribution in [-0.2, 0) is 9.47 Å². The van der Waals surface area contributed by atoms with Gasteiger partial charge in [-0.05, 0) is 63.7 Å². The summed E-state index contributed by atoms with van der Waals surface area (Å²) in [7, 11) is 3.60. The van der Waals surface area contributed by atoms with Crippen LogP contribution in [0.2, 0.25) is 0 Å². The van der Waals surface area contributed by atoms with E-state index in [0.717, 1.165) is 38.1 Å². The Hall–Kier alpha value is -0.160. The van der Waals surface area contributed by atoms with Crippen LogP contribution in [0.1, 0.15) is 44.9 Å². The molecule has 4 heteroatoms. The predicted octanol–water partition coefficient (Wildman–Crippen LogP) is 2.87. The van der Waals surface area contributed by atoms with Crippen molar-refractivity contribution in [3.05, 3.63) is 0 Å². The highest BCUT2D eigenvalue weighted by atomic mass is 16.5. The second-order valence-electron chi connectivity index (χ2n) is 7.49. The van der Waals surface area contributed by atoms with Gasteiger partial charge in [0.15, 0.2) is 0 Å². The molecule has 4 nitrogen and oxygen atoms in total. The molecule has 0 aromatic heterocycles. The SMILES string of the molecule is COCCN1CCC(CCCC2CCN(CCOC)CC2)CC1. The number of nitrogens with zero attached hydrogens (tertiary/aromatic N) is 2. The van der Waals surface area contributed by atoms with Crippen molar-refractivity contribution >= 4 is 0 Å². The summed E-state index contributed by atoms with van der Waals surface area (Å²) in [4.78, 5) is 5.13. The first kappa shape index (κ1) is 19.2. The predicted molar refractivity (Wildman–Crippen MR) is 95.9 cm³/mol. The summed E-state index contributed by atoms with van der Waals surface area (Å²) in [5, 5.41) is 0. The molecule has 2 rings (SSSR count). The van der Waals surface area contributed by atoms with Crippen molar-refractivity contribution in [3.63, 3.8) is 0 Å². The van der Waals surface area contributed by atoms with E-state index in [1.807, 2.05) is 0 Å². The molecular formula is C19H38N2O2. The molecule has 136 valence electrons. The highest BCUT2D eigenvalue weighted by molar-refractivity contribution is 4.75. The van der Waals surface area contributed by atoms with Crippen LogP contribution in [0.25, 0.3) is 0 Å². The first-order valence-corrected chi connectivity index (χ1v) is 9.74. The Bertz CT molecular complexity index is 257. The Balaban J connectivity index is 1.48. The molecule has 0 amide bonds. The molecule has 0 N–H and O–H groups in total. The maximum Gasteiger partial charge on any atom is 0.0589 e. The Morgan fingerprint density at radius 2 is 1.09 bits per heavy atom. The summed E-state index contributed by atoms with van der Waals surface area (Å²) in [6.07, 6.45) is 9.98. The summed E-state index contributed by atoms with van der Waals surface area (Å²) < 4.78 is 10.4. The molecule has 0 aromatic carbocycles. The maximum absolute atomic E-state index is 5.18. The van der Waals surface area contributed by atoms with Gasteiger partial charge < -0.3 is 19.3 Å². The average molecular weight is 327 g/mol. The van der Waals surface area contributed by atoms with Gasteiger partial charge in [0, 0.05) is 27.3 Å². The molecule has 0 aromatic rings. The molecule has 2 saturated heterocycles. The van der Waals surface area contributed by atoms with E-state index >= 15 is 0 Å². The number of hydrogen-bond donors (Lipinski definition) is 0. The summed E-state index contributed by atoms with van der Waals surface area (Å²) in [5.41, 5.74) is 0. The highest BCUT2D eigenvalue weighted by Crippen LogP contribution is 2.27. The molecule has 2 aliphatic rings. The van der Waals surface area contributed by atoms with Crippen LogP contribution in [-0.4, -0.2) is 76.5 Å². The van der Waals surface area contributed by atoms with Gasteiger partial charge in [-0.2, -0.15) is 0 Å². The number of hydrogen-bond acceptors (Lipinski definition) is 4. The smallest absolute Gasteiger partial charge is 0.0589 e. The van der Waals surface area contributed by atoms with E-state index in [1.54, 1.807) is 14.2 Å². The lowest BCUT2D eigenvalue weighted by molar-refractivity contribution is 0.112. The maximum atomic E-state index is 5.18. The van der Waals surface area contributed by atoms with Crippen LogP contribution in [0.15, 0.2) is 0 Å². The van der Waals surface area contributed by atoms with Gasteiger partial charge in [0.2, 0.25) is 0 Å². The molecule has 0 radical (unpaired) electrons. The van der Waals surface area contributed by atoms with Crippen molar-refractivity contribution in [2.45, 2.75) is 44.9 Å². The fourth-order valence-electron chi connectivity index (χ4n) is 4.13. The van der Waals surface area contributed by atoms with Gasteiger partial charge >= 0.3 is 0 Å². The molecule has 2 fully saturated rings. The molecule has 23 heavy (non-hydrogen) atoms. The zero-order chi connectivity index (χ0) is 16.3. The van der Waals surface area contributed by atoms with E-state index in [9.17, 15) is 0 Å². The molecular weight excluding hydrogens is 288 g/mol. The van der Waals surface area contributed by atoms with E-state index < -0.39 is 0 Å². The van der Waals surface area contributed by atoms with Crippen LogP contribution >= 0.6 is 0 Å². The van der Waals surface area contributed by atoms with Crippen molar-refractivity contribution in [2.24, 2.45) is 11.8 Å². The van der Waals surface area contributed by atoms with Crippen LogP contribution < -0.4 is 0 Å². The molecule has 2 aliphatic heterocycles. The minimum absolute atomic E-state index is 0.883. The summed E-state index contributed by atoms with van der Waals surface area (Å²) in [6, 6.07) is 0. The third-order valence-corrected chi connectivity index (χ3v) is 5.86. The Morgan fingerprint density at radius 1 is 0.696 bits per heavy atom. The lowest BCUT2D eigenvalue weighted by Crippen LogP contribution is -2.36. The zero-order valence-corrected chi connectivity index (χ0v) is 15.5. The minimum Gasteiger partial charge on any atom is -0.383 e. The van der Waals surface area contributed by atoms with Gasteiger partial charge in [-0.25, -0.2) is 0 Å². The Kier molecular flexibility index (Phi) is 9.50. The fourth-order valence-corrected chi connectivity index (χ4v) is 4.13. The lowest BCUT2D eigenvalue weighted by Gasteiger charge is -2.33. The molecule has 0 atom stereocenters. The number of piperidine rings is 2. The van der Waals surface area contributed by atoms with Crippen molar-refractivity contribution in [1.82, 2.24) is 9.80 Å².